The molecule has 1 heterocycles. The molecule has 11 heteroatoms. The number of benzene rings is 1. The molecule has 2 rings (SSSR count). The average Bonchev–Trinajstić information content (AvgIpc) is 2.48. The highest BCUT2D eigenvalue weighted by molar-refractivity contribution is 7.93. The zero-order chi connectivity index (χ0) is 18.0. The zero-order valence-corrected chi connectivity index (χ0v) is 13.8. The number of hydrogen-bond acceptors (Lipinski definition) is 5. The Kier molecular flexibility index (Phi) is 5.53. The van der Waals surface area contributed by atoms with Gasteiger partial charge in [-0.2, -0.15) is 21.6 Å². The lowest BCUT2D eigenvalue weighted by Gasteiger charge is -2.21. The van der Waals surface area contributed by atoms with Gasteiger partial charge in [0.05, 0.1) is 5.56 Å². The molecule has 1 aliphatic rings. The Labute approximate surface area is 138 Å². The van der Waals surface area contributed by atoms with Crippen molar-refractivity contribution in [2.24, 2.45) is 0 Å². The van der Waals surface area contributed by atoms with Crippen molar-refractivity contribution in [3.05, 3.63) is 29.8 Å². The van der Waals surface area contributed by atoms with Gasteiger partial charge < -0.3 is 4.74 Å². The molecule has 6 nitrogen and oxygen atoms in total. The van der Waals surface area contributed by atoms with E-state index < -0.39 is 44.1 Å². The number of carbonyl (C=O) groups excluding carboxylic acids is 1. The van der Waals surface area contributed by atoms with E-state index in [1.54, 1.807) is 0 Å². The Morgan fingerprint density at radius 2 is 1.88 bits per heavy atom. The molecule has 0 aliphatic carbocycles. The molecule has 1 aromatic rings. The maximum absolute atomic E-state index is 12.4. The molecule has 0 radical (unpaired) electrons. The van der Waals surface area contributed by atoms with E-state index in [1.165, 1.54) is 16.9 Å². The maximum Gasteiger partial charge on any atom is 0.516 e. The van der Waals surface area contributed by atoms with Crippen molar-refractivity contribution in [1.29, 1.82) is 0 Å². The van der Waals surface area contributed by atoms with Crippen LogP contribution in [0.5, 0.6) is 0 Å². The standard InChI is InChI=1S/C13H14F3NO5S2/c14-13(15,16)24(20,21)17-10-3-1-2-9(8-10)12(18)22-11-4-6-23(19)7-5-11/h1-3,8,11,17H,4-7H2. The first-order chi connectivity index (χ1) is 11.1. The van der Waals surface area contributed by atoms with Crippen LogP contribution >= 0.6 is 0 Å². The van der Waals surface area contributed by atoms with Gasteiger partial charge in [-0.15, -0.1) is 0 Å². The van der Waals surface area contributed by atoms with E-state index in [0.717, 1.165) is 12.1 Å². The second-order valence-electron chi connectivity index (χ2n) is 5.08. The summed E-state index contributed by atoms with van der Waals surface area (Å²) in [7, 11) is -6.48. The largest absolute Gasteiger partial charge is 0.516 e. The Bertz CT molecular complexity index is 738. The monoisotopic (exact) mass is 385 g/mol. The molecule has 24 heavy (non-hydrogen) atoms. The van der Waals surface area contributed by atoms with E-state index in [1.807, 2.05) is 0 Å². The summed E-state index contributed by atoms with van der Waals surface area (Å²) in [5, 5.41) is 0. The van der Waals surface area contributed by atoms with Crippen LogP contribution in [0.1, 0.15) is 23.2 Å². The van der Waals surface area contributed by atoms with Crippen LogP contribution in [0.2, 0.25) is 0 Å². The molecule has 0 saturated carbocycles. The fourth-order valence-corrected chi connectivity index (χ4v) is 3.84. The molecule has 1 N–H and O–H groups in total. The smallest absolute Gasteiger partial charge is 0.459 e. The highest BCUT2D eigenvalue weighted by atomic mass is 32.2. The minimum absolute atomic E-state index is 0.0796. The van der Waals surface area contributed by atoms with E-state index in [-0.39, 0.29) is 5.56 Å². The molecule has 1 aromatic carbocycles. The third-order valence-corrected chi connectivity index (χ3v) is 5.76. The summed E-state index contributed by atoms with van der Waals surface area (Å²) >= 11 is 0. The molecule has 134 valence electrons. The van der Waals surface area contributed by atoms with Gasteiger partial charge in [-0.05, 0) is 31.0 Å². The normalized spacial score (nSPS) is 22.0. The Hall–Kier alpha value is -1.62. The maximum atomic E-state index is 12.4. The minimum atomic E-state index is -5.56. The number of sulfonamides is 1. The predicted molar refractivity (Wildman–Crippen MR) is 81.4 cm³/mol. The summed E-state index contributed by atoms with van der Waals surface area (Å²) < 4.78 is 77.0. The van der Waals surface area contributed by atoms with Gasteiger partial charge in [0.2, 0.25) is 0 Å². The number of nitrogens with one attached hydrogen (secondary N) is 1. The van der Waals surface area contributed by atoms with Crippen LogP contribution in [0, 0.1) is 0 Å². The first kappa shape index (κ1) is 18.7. The molecule has 0 unspecified atom stereocenters. The molecule has 0 atom stereocenters. The number of esters is 1. The van der Waals surface area contributed by atoms with Crippen molar-refractivity contribution in [2.45, 2.75) is 24.5 Å². The second-order valence-corrected chi connectivity index (χ2v) is 8.45. The number of anilines is 1. The van der Waals surface area contributed by atoms with E-state index >= 15 is 0 Å². The Morgan fingerprint density at radius 1 is 1.25 bits per heavy atom. The topological polar surface area (TPSA) is 89.5 Å². The van der Waals surface area contributed by atoms with Crippen molar-refractivity contribution in [2.75, 3.05) is 16.2 Å². The van der Waals surface area contributed by atoms with Crippen molar-refractivity contribution in [3.63, 3.8) is 0 Å². The van der Waals surface area contributed by atoms with Crippen LogP contribution in [-0.2, 0) is 25.6 Å². The molecular formula is C13H14F3NO5S2. The summed E-state index contributed by atoms with van der Waals surface area (Å²) in [5.74, 6) is 0.0629. The number of rotatable bonds is 4. The van der Waals surface area contributed by atoms with Crippen molar-refractivity contribution < 1.29 is 35.3 Å². The van der Waals surface area contributed by atoms with Crippen LogP contribution in [0.15, 0.2) is 24.3 Å². The third-order valence-electron chi connectivity index (χ3n) is 3.26. The average molecular weight is 385 g/mol. The summed E-state index contributed by atoms with van der Waals surface area (Å²) in [6.45, 7) is 0. The Morgan fingerprint density at radius 3 is 2.46 bits per heavy atom. The van der Waals surface area contributed by atoms with E-state index in [2.05, 4.69) is 0 Å². The van der Waals surface area contributed by atoms with Gasteiger partial charge in [-0.1, -0.05) is 6.07 Å². The molecule has 0 spiro atoms. The fourth-order valence-electron chi connectivity index (χ4n) is 2.03. The van der Waals surface area contributed by atoms with Gasteiger partial charge in [-0.3, -0.25) is 8.93 Å². The van der Waals surface area contributed by atoms with Crippen LogP contribution in [0.25, 0.3) is 0 Å². The predicted octanol–water partition coefficient (Wildman–Crippen LogP) is 2.02. The van der Waals surface area contributed by atoms with Gasteiger partial charge in [0.15, 0.2) is 0 Å². The SMILES string of the molecule is O=C(OC1CCS(=O)CC1)c1cccc(NS(=O)(=O)C(F)(F)F)c1. The van der Waals surface area contributed by atoms with Crippen LogP contribution < -0.4 is 4.72 Å². The number of halogens is 3. The van der Waals surface area contributed by atoms with Gasteiger partial charge >= 0.3 is 21.5 Å². The lowest BCUT2D eigenvalue weighted by atomic mass is 10.2. The van der Waals surface area contributed by atoms with Crippen LogP contribution in [0.3, 0.4) is 0 Å². The summed E-state index contributed by atoms with van der Waals surface area (Å²) in [5.41, 5.74) is -5.93. The number of ether oxygens (including phenoxy) is 1. The molecule has 1 saturated heterocycles. The molecule has 0 amide bonds. The quantitative estimate of drug-likeness (QED) is 0.801. The number of carbonyl (C=O) groups is 1. The first-order valence-corrected chi connectivity index (χ1v) is 9.81. The zero-order valence-electron chi connectivity index (χ0n) is 12.2. The van der Waals surface area contributed by atoms with Crippen LogP contribution in [-0.4, -0.2) is 41.7 Å². The van der Waals surface area contributed by atoms with Gasteiger partial charge in [0.25, 0.3) is 0 Å². The van der Waals surface area contributed by atoms with Crippen molar-refractivity contribution >= 4 is 32.5 Å². The molecule has 0 aromatic heterocycles. The van der Waals surface area contributed by atoms with Crippen molar-refractivity contribution in [1.82, 2.24) is 0 Å². The first-order valence-electron chi connectivity index (χ1n) is 6.83. The fraction of sp³-hybridized carbons (Fsp3) is 0.462. The lowest BCUT2D eigenvalue weighted by Crippen LogP contribution is -2.30. The van der Waals surface area contributed by atoms with Crippen LogP contribution in [0.4, 0.5) is 18.9 Å². The second kappa shape index (κ2) is 7.09. The van der Waals surface area contributed by atoms with Crippen molar-refractivity contribution in [3.8, 4) is 0 Å². The Balaban J connectivity index is 2.07. The number of hydrogen-bond donors (Lipinski definition) is 1. The summed E-state index contributed by atoms with van der Waals surface area (Å²) in [6, 6.07) is 4.59. The third kappa shape index (κ3) is 4.69. The molecular weight excluding hydrogens is 371 g/mol. The number of alkyl halides is 3. The minimum Gasteiger partial charge on any atom is -0.459 e. The van der Waals surface area contributed by atoms with Gasteiger partial charge in [-0.25, -0.2) is 4.79 Å². The summed E-state index contributed by atoms with van der Waals surface area (Å²) in [4.78, 5) is 12.0. The molecule has 0 bridgehead atoms. The highest BCUT2D eigenvalue weighted by Crippen LogP contribution is 2.26. The van der Waals surface area contributed by atoms with Gasteiger partial charge in [0.1, 0.15) is 6.10 Å². The van der Waals surface area contributed by atoms with E-state index in [0.29, 0.717) is 24.3 Å². The van der Waals surface area contributed by atoms with E-state index in [9.17, 15) is 30.6 Å². The highest BCUT2D eigenvalue weighted by Gasteiger charge is 2.46. The molecule has 1 aliphatic heterocycles. The molecule has 1 fully saturated rings. The van der Waals surface area contributed by atoms with Gasteiger partial charge in [0, 0.05) is 28.0 Å². The van der Waals surface area contributed by atoms with E-state index in [4.69, 9.17) is 4.74 Å². The lowest BCUT2D eigenvalue weighted by molar-refractivity contribution is -0.0429. The summed E-state index contributed by atoms with van der Waals surface area (Å²) in [6.07, 6.45) is 0.475.